The minimum absolute atomic E-state index is 0. The second-order valence-corrected chi connectivity index (χ2v) is 8.59. The van der Waals surface area contributed by atoms with Gasteiger partial charge in [0, 0.05) is 21.7 Å². The van der Waals surface area contributed by atoms with Crippen molar-refractivity contribution in [2.75, 3.05) is 0 Å². The molecule has 2 aliphatic rings. The van der Waals surface area contributed by atoms with Crippen molar-refractivity contribution in [3.8, 4) is 0 Å². The molecule has 0 unspecified atom stereocenters. The van der Waals surface area contributed by atoms with Crippen LogP contribution in [0.15, 0.2) is 0 Å². The molecule has 0 saturated heterocycles. The van der Waals surface area contributed by atoms with Crippen molar-refractivity contribution >= 4 is 0 Å². The van der Waals surface area contributed by atoms with Crippen LogP contribution in [0.1, 0.15) is 83.1 Å². The predicted octanol–water partition coefficient (Wildman–Crippen LogP) is 7.38. The molecule has 2 rings (SSSR count). The van der Waals surface area contributed by atoms with Gasteiger partial charge in [-0.15, -0.1) is 0 Å². The monoisotopic (exact) mass is 358 g/mol. The van der Waals surface area contributed by atoms with E-state index in [0.717, 1.165) is 59.2 Å². The topological polar surface area (TPSA) is 0 Å². The van der Waals surface area contributed by atoms with Crippen LogP contribution in [0.5, 0.6) is 0 Å². The van der Waals surface area contributed by atoms with E-state index in [-0.39, 0.29) is 21.7 Å². The first-order valence-electron chi connectivity index (χ1n) is 10.1. The van der Waals surface area contributed by atoms with Crippen LogP contribution in [0.2, 0.25) is 0 Å². The molecule has 0 aromatic carbocycles. The van der Waals surface area contributed by atoms with Gasteiger partial charge in [0.1, 0.15) is 0 Å². The summed E-state index contributed by atoms with van der Waals surface area (Å²) in [7, 11) is 0. The summed E-state index contributed by atoms with van der Waals surface area (Å²) in [5.74, 6) is 9.35. The molecular weight excluding hydrogens is 312 g/mol. The second-order valence-electron chi connectivity index (χ2n) is 8.59. The van der Waals surface area contributed by atoms with Crippen LogP contribution in [-0.2, 0) is 21.7 Å². The summed E-state index contributed by atoms with van der Waals surface area (Å²) in [6.07, 6.45) is 0. The fourth-order valence-corrected chi connectivity index (χ4v) is 4.79. The third kappa shape index (κ3) is 5.88. The first-order valence-corrected chi connectivity index (χ1v) is 10.1. The number of hydrogen-bond donors (Lipinski definition) is 0. The van der Waals surface area contributed by atoms with Gasteiger partial charge < -0.3 is 0 Å². The van der Waals surface area contributed by atoms with Crippen molar-refractivity contribution in [1.29, 1.82) is 0 Å². The van der Waals surface area contributed by atoms with Gasteiger partial charge in [0.05, 0.1) is 0 Å². The van der Waals surface area contributed by atoms with Crippen LogP contribution < -0.4 is 0 Å². The molecule has 0 aromatic heterocycles. The van der Waals surface area contributed by atoms with E-state index < -0.39 is 0 Å². The fourth-order valence-electron chi connectivity index (χ4n) is 4.79. The van der Waals surface area contributed by atoms with Crippen molar-refractivity contribution in [1.82, 2.24) is 0 Å². The van der Waals surface area contributed by atoms with Crippen molar-refractivity contribution in [3.63, 3.8) is 0 Å². The molecule has 0 N–H and O–H groups in total. The minimum atomic E-state index is 0. The molecule has 0 bridgehead atoms. The van der Waals surface area contributed by atoms with Crippen molar-refractivity contribution in [2.24, 2.45) is 59.2 Å². The van der Waals surface area contributed by atoms with E-state index in [4.69, 9.17) is 0 Å². The molecule has 138 valence electrons. The second kappa shape index (κ2) is 11.4. The number of rotatable bonds is 0. The molecule has 0 radical (unpaired) electrons. The zero-order valence-electron chi connectivity index (χ0n) is 18.3. The standard InChI is InChI=1S/2C10H20.C2H6.Ti/c2*1-6-7(2)9(4)10(5)8(6)3;1-2;/h2*6-10H,1-5H3;1-2H3;. The van der Waals surface area contributed by atoms with Gasteiger partial charge in [-0.3, -0.25) is 0 Å². The summed E-state index contributed by atoms with van der Waals surface area (Å²) in [5, 5.41) is 0. The average Bonchev–Trinajstić information content (AvgIpc) is 2.81. The van der Waals surface area contributed by atoms with Crippen LogP contribution in [-0.4, -0.2) is 0 Å². The normalized spacial score (nSPS) is 48.5. The van der Waals surface area contributed by atoms with Crippen molar-refractivity contribution < 1.29 is 21.7 Å². The van der Waals surface area contributed by atoms with Gasteiger partial charge in [-0.25, -0.2) is 0 Å². The SMILES string of the molecule is CC.CC1C(C)C(C)C(C)C1C.CC1C(C)C(C)C(C)C1C.[Ti]. The summed E-state index contributed by atoms with van der Waals surface area (Å²) in [6.45, 7) is 28.0. The molecule has 0 nitrogen and oxygen atoms in total. The van der Waals surface area contributed by atoms with Gasteiger partial charge in [0.15, 0.2) is 0 Å². The van der Waals surface area contributed by atoms with Crippen LogP contribution in [0.3, 0.4) is 0 Å². The van der Waals surface area contributed by atoms with Crippen LogP contribution in [0.25, 0.3) is 0 Å². The molecule has 0 aliphatic heterocycles. The van der Waals surface area contributed by atoms with E-state index >= 15 is 0 Å². The van der Waals surface area contributed by atoms with Gasteiger partial charge in [0.2, 0.25) is 0 Å². The Kier molecular flexibility index (Phi) is 12.8. The first kappa shape index (κ1) is 25.9. The summed E-state index contributed by atoms with van der Waals surface area (Å²) in [4.78, 5) is 0. The van der Waals surface area contributed by atoms with E-state index in [1.807, 2.05) is 13.8 Å². The molecule has 0 heterocycles. The maximum atomic E-state index is 2.40. The van der Waals surface area contributed by atoms with Crippen LogP contribution in [0.4, 0.5) is 0 Å². The molecule has 0 amide bonds. The van der Waals surface area contributed by atoms with Gasteiger partial charge in [0.25, 0.3) is 0 Å². The Hall–Kier alpha value is 0.714. The Bertz CT molecular complexity index is 181. The molecular formula is C22H46Ti. The van der Waals surface area contributed by atoms with Crippen LogP contribution >= 0.6 is 0 Å². The smallest absolute Gasteiger partial charge is 0 e. The Labute approximate surface area is 163 Å². The third-order valence-electron chi connectivity index (χ3n) is 8.29. The Morgan fingerprint density at radius 1 is 0.261 bits per heavy atom. The van der Waals surface area contributed by atoms with Crippen LogP contribution in [0, 0.1) is 59.2 Å². The van der Waals surface area contributed by atoms with E-state index in [2.05, 4.69) is 69.2 Å². The van der Waals surface area contributed by atoms with Gasteiger partial charge in [-0.2, -0.15) is 0 Å². The van der Waals surface area contributed by atoms with E-state index in [9.17, 15) is 0 Å². The molecule has 2 saturated carbocycles. The molecule has 23 heavy (non-hydrogen) atoms. The van der Waals surface area contributed by atoms with Gasteiger partial charge in [-0.1, -0.05) is 83.1 Å². The molecule has 2 aliphatic carbocycles. The Morgan fingerprint density at radius 3 is 0.348 bits per heavy atom. The summed E-state index contributed by atoms with van der Waals surface area (Å²) in [5.41, 5.74) is 0. The van der Waals surface area contributed by atoms with Gasteiger partial charge >= 0.3 is 0 Å². The molecule has 0 spiro atoms. The third-order valence-corrected chi connectivity index (χ3v) is 8.29. The summed E-state index contributed by atoms with van der Waals surface area (Å²) >= 11 is 0. The van der Waals surface area contributed by atoms with E-state index in [1.165, 1.54) is 0 Å². The van der Waals surface area contributed by atoms with Gasteiger partial charge in [-0.05, 0) is 59.2 Å². The minimum Gasteiger partial charge on any atom is -0.0683 e. The predicted molar refractivity (Wildman–Crippen MR) is 103 cm³/mol. The van der Waals surface area contributed by atoms with Crippen molar-refractivity contribution in [2.45, 2.75) is 83.1 Å². The molecule has 0 atom stereocenters. The molecule has 2 fully saturated rings. The average molecular weight is 358 g/mol. The van der Waals surface area contributed by atoms with E-state index in [0.29, 0.717) is 0 Å². The molecule has 1 heteroatoms. The maximum absolute atomic E-state index is 2.40. The summed E-state index contributed by atoms with van der Waals surface area (Å²) < 4.78 is 0. The molecule has 0 aromatic rings. The maximum Gasteiger partial charge on any atom is 0 e. The van der Waals surface area contributed by atoms with E-state index in [1.54, 1.807) is 0 Å². The summed E-state index contributed by atoms with van der Waals surface area (Å²) in [6, 6.07) is 0. The Morgan fingerprint density at radius 2 is 0.304 bits per heavy atom. The quantitative estimate of drug-likeness (QED) is 0.396. The fraction of sp³-hybridized carbons (Fsp3) is 1.00. The largest absolute Gasteiger partial charge is 0.0683 e. The zero-order chi connectivity index (χ0) is 17.8. The van der Waals surface area contributed by atoms with Crippen molar-refractivity contribution in [3.05, 3.63) is 0 Å². The Balaban J connectivity index is 0. The zero-order valence-corrected chi connectivity index (χ0v) is 19.8. The number of hydrogen-bond acceptors (Lipinski definition) is 0. The first-order chi connectivity index (χ1) is 10.1.